The fraction of sp³-hybridized carbons (Fsp3) is 0.364. The number of carbonyl (C=O) groups is 2. The molecule has 0 spiro atoms. The van der Waals surface area contributed by atoms with Crippen LogP contribution < -0.4 is 0 Å². The number of benzene rings is 1. The van der Waals surface area contributed by atoms with Crippen molar-refractivity contribution in [3.05, 3.63) is 64.8 Å². The number of carboxylic acid groups (broad SMARTS) is 2. The molecule has 4 nitrogen and oxygen atoms in total. The van der Waals surface area contributed by atoms with Crippen LogP contribution in [0.4, 0.5) is 0 Å². The molecule has 0 amide bonds. The zero-order chi connectivity index (χ0) is 18.9. The molecule has 26 heavy (non-hydrogen) atoms. The molecule has 2 N–H and O–H groups in total. The summed E-state index contributed by atoms with van der Waals surface area (Å²) in [6.45, 7) is 1.49. The highest BCUT2D eigenvalue weighted by molar-refractivity contribution is 5.90. The second kappa shape index (κ2) is 9.76. The molecule has 1 aliphatic carbocycles. The number of allylic oxidation sites excluding steroid dienone is 3. The number of aliphatic carboxylic acids is 2. The van der Waals surface area contributed by atoms with Crippen molar-refractivity contribution >= 4 is 18.0 Å². The van der Waals surface area contributed by atoms with Crippen LogP contribution >= 0.6 is 0 Å². The molecule has 0 aliphatic heterocycles. The Labute approximate surface area is 154 Å². The van der Waals surface area contributed by atoms with Crippen LogP contribution in [0.15, 0.2) is 59.2 Å². The van der Waals surface area contributed by atoms with Crippen LogP contribution in [0.3, 0.4) is 0 Å². The maximum absolute atomic E-state index is 11.9. The van der Waals surface area contributed by atoms with E-state index in [1.807, 2.05) is 42.5 Å². The molecule has 2 rings (SSSR count). The van der Waals surface area contributed by atoms with Crippen LogP contribution in [0.2, 0.25) is 0 Å². The summed E-state index contributed by atoms with van der Waals surface area (Å²) < 4.78 is 0. The summed E-state index contributed by atoms with van der Waals surface area (Å²) in [4.78, 5) is 22.9. The van der Waals surface area contributed by atoms with Crippen LogP contribution in [0.25, 0.3) is 6.08 Å². The van der Waals surface area contributed by atoms with Crippen molar-refractivity contribution in [2.45, 2.75) is 45.4 Å². The molecular formula is C22H26O4. The van der Waals surface area contributed by atoms with Gasteiger partial charge in [-0.05, 0) is 43.2 Å². The third-order valence-electron chi connectivity index (χ3n) is 4.86. The fourth-order valence-electron chi connectivity index (χ4n) is 3.32. The summed E-state index contributed by atoms with van der Waals surface area (Å²) in [7, 11) is 0. The van der Waals surface area contributed by atoms with Gasteiger partial charge in [0.25, 0.3) is 0 Å². The van der Waals surface area contributed by atoms with E-state index in [4.69, 9.17) is 5.11 Å². The van der Waals surface area contributed by atoms with Crippen molar-refractivity contribution in [3.63, 3.8) is 0 Å². The Hall–Kier alpha value is -2.62. The molecule has 0 radical (unpaired) electrons. The minimum absolute atomic E-state index is 0.123. The first-order chi connectivity index (χ1) is 12.5. The lowest BCUT2D eigenvalue weighted by atomic mass is 9.80. The molecule has 1 saturated carbocycles. The van der Waals surface area contributed by atoms with Gasteiger partial charge < -0.3 is 10.2 Å². The molecule has 4 heteroatoms. The van der Waals surface area contributed by atoms with E-state index in [1.54, 1.807) is 0 Å². The predicted molar refractivity (Wildman–Crippen MR) is 103 cm³/mol. The first-order valence-corrected chi connectivity index (χ1v) is 9.08. The van der Waals surface area contributed by atoms with Crippen LogP contribution in [-0.2, 0) is 9.59 Å². The van der Waals surface area contributed by atoms with Crippen molar-refractivity contribution in [2.24, 2.45) is 5.92 Å². The van der Waals surface area contributed by atoms with Crippen molar-refractivity contribution in [2.75, 3.05) is 0 Å². The second-order valence-corrected chi connectivity index (χ2v) is 6.71. The van der Waals surface area contributed by atoms with Crippen LogP contribution in [-0.4, -0.2) is 22.2 Å². The lowest BCUT2D eigenvalue weighted by molar-refractivity contribution is -0.134. The highest BCUT2D eigenvalue weighted by Crippen LogP contribution is 2.33. The monoisotopic (exact) mass is 354 g/mol. The minimum atomic E-state index is -1.02. The van der Waals surface area contributed by atoms with Gasteiger partial charge >= 0.3 is 11.9 Å². The Kier molecular flexibility index (Phi) is 7.39. The van der Waals surface area contributed by atoms with Crippen molar-refractivity contribution in [1.29, 1.82) is 0 Å². The fourth-order valence-corrected chi connectivity index (χ4v) is 3.32. The third-order valence-corrected chi connectivity index (χ3v) is 4.86. The van der Waals surface area contributed by atoms with Crippen LogP contribution in [0.5, 0.6) is 0 Å². The second-order valence-electron chi connectivity index (χ2n) is 6.71. The van der Waals surface area contributed by atoms with E-state index in [2.05, 4.69) is 0 Å². The van der Waals surface area contributed by atoms with E-state index in [9.17, 15) is 14.7 Å². The largest absolute Gasteiger partial charge is 0.478 e. The zero-order valence-corrected chi connectivity index (χ0v) is 15.1. The van der Waals surface area contributed by atoms with Gasteiger partial charge in [0.15, 0.2) is 0 Å². The quantitative estimate of drug-likeness (QED) is 0.529. The summed E-state index contributed by atoms with van der Waals surface area (Å²) in [6.07, 6.45) is 10.8. The first kappa shape index (κ1) is 19.7. The van der Waals surface area contributed by atoms with E-state index in [0.29, 0.717) is 5.57 Å². The minimum Gasteiger partial charge on any atom is -0.478 e. The predicted octanol–water partition coefficient (Wildman–Crippen LogP) is 5.08. The van der Waals surface area contributed by atoms with Gasteiger partial charge in [-0.2, -0.15) is 0 Å². The molecule has 1 aliphatic rings. The molecule has 1 fully saturated rings. The number of rotatable bonds is 7. The topological polar surface area (TPSA) is 74.6 Å². The lowest BCUT2D eigenvalue weighted by Gasteiger charge is -2.24. The van der Waals surface area contributed by atoms with Gasteiger partial charge in [-0.1, -0.05) is 67.8 Å². The number of carboxylic acids is 2. The molecule has 1 aromatic carbocycles. The van der Waals surface area contributed by atoms with Gasteiger partial charge in [-0.3, -0.25) is 0 Å². The highest BCUT2D eigenvalue weighted by atomic mass is 16.4. The van der Waals surface area contributed by atoms with Crippen molar-refractivity contribution in [1.82, 2.24) is 0 Å². The maximum atomic E-state index is 11.9. The highest BCUT2D eigenvalue weighted by Gasteiger charge is 2.22. The third kappa shape index (κ3) is 5.73. The molecule has 0 unspecified atom stereocenters. The lowest BCUT2D eigenvalue weighted by Crippen LogP contribution is -2.14. The smallest absolute Gasteiger partial charge is 0.332 e. The first-order valence-electron chi connectivity index (χ1n) is 9.08. The van der Waals surface area contributed by atoms with Crippen LogP contribution in [0, 0.1) is 5.92 Å². The van der Waals surface area contributed by atoms with Gasteiger partial charge in [0, 0.05) is 11.1 Å². The van der Waals surface area contributed by atoms with E-state index in [-0.39, 0.29) is 17.9 Å². The average molecular weight is 354 g/mol. The summed E-state index contributed by atoms with van der Waals surface area (Å²) in [5, 5.41) is 18.8. The molecule has 1 aromatic rings. The van der Waals surface area contributed by atoms with Crippen molar-refractivity contribution < 1.29 is 19.8 Å². The van der Waals surface area contributed by atoms with Gasteiger partial charge in [-0.25, -0.2) is 9.59 Å². The summed E-state index contributed by atoms with van der Waals surface area (Å²) in [5.41, 5.74) is 2.31. The standard InChI is InChI=1S/C22H26O4/c1-16(21(23)24)12-14-20(22(25)26)19(18-10-6-3-7-11-18)15-13-17-8-4-2-5-9-17/h2,4-5,8-9,12-13,15,18H,3,6-7,10-11,14H2,1H3,(H,23,24)(H,25,26). The zero-order valence-electron chi connectivity index (χ0n) is 15.1. The SMILES string of the molecule is CC(=CCC(C(=O)O)=C(C=Cc1ccccc1)C1CCCCC1)C(=O)O. The summed E-state index contributed by atoms with van der Waals surface area (Å²) in [6, 6.07) is 9.78. The van der Waals surface area contributed by atoms with E-state index >= 15 is 0 Å². The van der Waals surface area contributed by atoms with Gasteiger partial charge in [0.2, 0.25) is 0 Å². The Bertz CT molecular complexity index is 720. The number of hydrogen-bond donors (Lipinski definition) is 2. The molecule has 0 aromatic heterocycles. The van der Waals surface area contributed by atoms with E-state index < -0.39 is 11.9 Å². The normalized spacial score (nSPS) is 17.2. The average Bonchev–Trinajstić information content (AvgIpc) is 2.65. The molecule has 0 bridgehead atoms. The van der Waals surface area contributed by atoms with Gasteiger partial charge in [0.05, 0.1) is 0 Å². The van der Waals surface area contributed by atoms with E-state index in [1.165, 1.54) is 19.4 Å². The Morgan fingerprint density at radius 1 is 1.04 bits per heavy atom. The van der Waals surface area contributed by atoms with Crippen molar-refractivity contribution in [3.8, 4) is 0 Å². The molecule has 0 heterocycles. The van der Waals surface area contributed by atoms with Gasteiger partial charge in [0.1, 0.15) is 0 Å². The Morgan fingerprint density at radius 3 is 2.27 bits per heavy atom. The van der Waals surface area contributed by atoms with E-state index in [0.717, 1.165) is 36.8 Å². The summed E-state index contributed by atoms with van der Waals surface area (Å²) >= 11 is 0. The molecular weight excluding hydrogens is 328 g/mol. The van der Waals surface area contributed by atoms with Crippen LogP contribution in [0.1, 0.15) is 51.0 Å². The molecule has 138 valence electrons. The molecule has 0 saturated heterocycles. The maximum Gasteiger partial charge on any atom is 0.332 e. The summed E-state index contributed by atoms with van der Waals surface area (Å²) in [5.74, 6) is -1.78. The Balaban J connectivity index is 2.40. The molecule has 0 atom stereocenters. The Morgan fingerprint density at radius 2 is 1.69 bits per heavy atom. The number of hydrogen-bond acceptors (Lipinski definition) is 2. The van der Waals surface area contributed by atoms with Gasteiger partial charge in [-0.15, -0.1) is 0 Å².